The number of benzene rings is 4. The smallest absolute Gasteiger partial charge is 0.336 e. The fourth-order valence-corrected chi connectivity index (χ4v) is 3.59. The van der Waals surface area contributed by atoms with Gasteiger partial charge in [-0.15, -0.1) is 0 Å². The van der Waals surface area contributed by atoms with E-state index < -0.39 is 11.9 Å². The maximum atomic E-state index is 13.0. The Balaban J connectivity index is 1.51. The summed E-state index contributed by atoms with van der Waals surface area (Å²) in [4.78, 5) is 37.1. The fraction of sp³-hybridized carbons (Fsp3) is 0. The molecule has 0 aromatic heterocycles. The lowest BCUT2D eigenvalue weighted by Gasteiger charge is -2.13. The minimum absolute atomic E-state index is 0.110. The van der Waals surface area contributed by atoms with Crippen molar-refractivity contribution in [1.82, 2.24) is 0 Å². The van der Waals surface area contributed by atoms with Crippen molar-refractivity contribution in [1.29, 1.82) is 0 Å². The van der Waals surface area contributed by atoms with Crippen molar-refractivity contribution in [2.75, 3.05) is 10.6 Å². The second-order valence-electron chi connectivity index (χ2n) is 7.39. The first-order chi connectivity index (χ1) is 16.4. The largest absolute Gasteiger partial charge is 0.478 e. The number of nitrogens with one attached hydrogen (secondary N) is 2. The predicted molar refractivity (Wildman–Crippen MR) is 133 cm³/mol. The lowest BCUT2D eigenvalue weighted by atomic mass is 9.95. The molecule has 0 spiro atoms. The summed E-state index contributed by atoms with van der Waals surface area (Å²) in [5.41, 5.74) is 2.94. The van der Waals surface area contributed by atoms with Gasteiger partial charge in [0, 0.05) is 27.5 Å². The van der Waals surface area contributed by atoms with Gasteiger partial charge in [0.1, 0.15) is 0 Å². The van der Waals surface area contributed by atoms with Gasteiger partial charge in [0.25, 0.3) is 11.8 Å². The first kappa shape index (κ1) is 22.8. The van der Waals surface area contributed by atoms with Crippen LogP contribution < -0.4 is 10.6 Å². The van der Waals surface area contributed by atoms with E-state index >= 15 is 0 Å². The predicted octanol–water partition coefficient (Wildman–Crippen LogP) is 6.21. The molecule has 0 saturated heterocycles. The molecule has 0 atom stereocenters. The van der Waals surface area contributed by atoms with Gasteiger partial charge in [0.2, 0.25) is 0 Å². The number of rotatable bonds is 6. The summed E-state index contributed by atoms with van der Waals surface area (Å²) in [5.74, 6) is -1.76. The van der Waals surface area contributed by atoms with Crippen LogP contribution in [0.25, 0.3) is 11.1 Å². The van der Waals surface area contributed by atoms with Crippen molar-refractivity contribution in [2.24, 2.45) is 0 Å². The van der Waals surface area contributed by atoms with Gasteiger partial charge in [-0.05, 0) is 71.8 Å². The molecule has 0 radical (unpaired) electrons. The zero-order chi connectivity index (χ0) is 24.1. The number of carbonyl (C=O) groups excluding carboxylic acids is 2. The molecule has 0 heterocycles. The molecule has 0 fully saturated rings. The van der Waals surface area contributed by atoms with Gasteiger partial charge in [-0.2, -0.15) is 0 Å². The minimum Gasteiger partial charge on any atom is -0.478 e. The van der Waals surface area contributed by atoms with Crippen LogP contribution in [-0.4, -0.2) is 22.9 Å². The van der Waals surface area contributed by atoms with Gasteiger partial charge in [-0.1, -0.05) is 48.0 Å². The Morgan fingerprint density at radius 2 is 1.06 bits per heavy atom. The topological polar surface area (TPSA) is 95.5 Å². The van der Waals surface area contributed by atoms with E-state index in [1.54, 1.807) is 91.0 Å². The van der Waals surface area contributed by atoms with Crippen molar-refractivity contribution in [2.45, 2.75) is 0 Å². The summed E-state index contributed by atoms with van der Waals surface area (Å²) in [5, 5.41) is 15.7. The van der Waals surface area contributed by atoms with Gasteiger partial charge in [0.15, 0.2) is 0 Å². The molecular formula is C27H19ClN2O4. The molecule has 168 valence electrons. The minimum atomic E-state index is -1.07. The molecule has 2 amide bonds. The summed E-state index contributed by atoms with van der Waals surface area (Å²) in [6.07, 6.45) is 0. The van der Waals surface area contributed by atoms with E-state index in [1.807, 2.05) is 0 Å². The van der Waals surface area contributed by atoms with Crippen LogP contribution >= 0.6 is 11.6 Å². The zero-order valence-corrected chi connectivity index (χ0v) is 18.5. The quantitative estimate of drug-likeness (QED) is 0.312. The first-order valence-corrected chi connectivity index (χ1v) is 10.7. The molecule has 7 heteroatoms. The number of carbonyl (C=O) groups is 3. The van der Waals surface area contributed by atoms with Crippen LogP contribution in [-0.2, 0) is 0 Å². The lowest BCUT2D eigenvalue weighted by molar-refractivity contribution is 0.0697. The Morgan fingerprint density at radius 1 is 0.588 bits per heavy atom. The van der Waals surface area contributed by atoms with Gasteiger partial charge in [0.05, 0.1) is 5.56 Å². The van der Waals surface area contributed by atoms with Gasteiger partial charge in [-0.25, -0.2) is 4.79 Å². The Bertz CT molecular complexity index is 1370. The van der Waals surface area contributed by atoms with Crippen LogP contribution in [0, 0.1) is 0 Å². The average Bonchev–Trinajstić information content (AvgIpc) is 2.85. The van der Waals surface area contributed by atoms with Gasteiger partial charge >= 0.3 is 5.97 Å². The lowest BCUT2D eigenvalue weighted by Crippen LogP contribution is -2.15. The summed E-state index contributed by atoms with van der Waals surface area (Å²) in [6, 6.07) is 26.6. The number of anilines is 2. The monoisotopic (exact) mass is 470 g/mol. The molecule has 0 bridgehead atoms. The molecule has 6 nitrogen and oxygen atoms in total. The summed E-state index contributed by atoms with van der Waals surface area (Å²) in [6.45, 7) is 0. The molecule has 3 N–H and O–H groups in total. The van der Waals surface area contributed by atoms with E-state index in [1.165, 1.54) is 6.07 Å². The molecule has 4 aromatic carbocycles. The third-order valence-electron chi connectivity index (χ3n) is 5.13. The molecule has 4 rings (SSSR count). The van der Waals surface area contributed by atoms with E-state index in [-0.39, 0.29) is 11.5 Å². The second kappa shape index (κ2) is 10.0. The molecule has 0 aliphatic carbocycles. The highest BCUT2D eigenvalue weighted by molar-refractivity contribution is 6.30. The van der Waals surface area contributed by atoms with Crippen LogP contribution in [0.1, 0.15) is 31.1 Å². The highest BCUT2D eigenvalue weighted by Crippen LogP contribution is 2.28. The molecule has 34 heavy (non-hydrogen) atoms. The Kier molecular flexibility index (Phi) is 6.71. The number of carboxylic acids is 1. The number of carboxylic acid groups (broad SMARTS) is 1. The number of halogens is 1. The van der Waals surface area contributed by atoms with E-state index in [0.29, 0.717) is 38.7 Å². The maximum absolute atomic E-state index is 13.0. The highest BCUT2D eigenvalue weighted by atomic mass is 35.5. The standard InChI is InChI=1S/C27H19ClN2O4/c28-18-11-15-20(16-12-18)29-25(31)17-9-13-19(14-10-17)30-26(32)23-7-3-1-5-21(23)22-6-2-4-8-24(22)27(33)34/h1-16H,(H,29,31)(H,30,32)(H,33,34). The molecule has 4 aromatic rings. The van der Waals surface area contributed by atoms with E-state index in [0.717, 1.165) is 0 Å². The second-order valence-corrected chi connectivity index (χ2v) is 7.83. The fourth-order valence-electron chi connectivity index (χ4n) is 3.46. The molecule has 0 saturated carbocycles. The average molecular weight is 471 g/mol. The number of hydrogen-bond acceptors (Lipinski definition) is 3. The van der Waals surface area contributed by atoms with Crippen LogP contribution in [0.4, 0.5) is 11.4 Å². The third kappa shape index (κ3) is 5.14. The molecular weight excluding hydrogens is 452 g/mol. The Labute approximate surface area is 200 Å². The number of hydrogen-bond donors (Lipinski definition) is 3. The molecule has 0 aliphatic heterocycles. The van der Waals surface area contributed by atoms with E-state index in [9.17, 15) is 19.5 Å². The van der Waals surface area contributed by atoms with Gasteiger partial charge in [-0.3, -0.25) is 9.59 Å². The van der Waals surface area contributed by atoms with Crippen molar-refractivity contribution in [3.8, 4) is 11.1 Å². The van der Waals surface area contributed by atoms with Crippen molar-refractivity contribution < 1.29 is 19.5 Å². The molecule has 0 aliphatic rings. The van der Waals surface area contributed by atoms with Crippen molar-refractivity contribution >= 4 is 40.8 Å². The number of amides is 2. The van der Waals surface area contributed by atoms with Crippen LogP contribution in [0.2, 0.25) is 5.02 Å². The summed E-state index contributed by atoms with van der Waals surface area (Å²) in [7, 11) is 0. The third-order valence-corrected chi connectivity index (χ3v) is 5.38. The SMILES string of the molecule is O=C(Nc1ccc(Cl)cc1)c1ccc(NC(=O)c2ccccc2-c2ccccc2C(=O)O)cc1. The Hall–Kier alpha value is -4.42. The summed E-state index contributed by atoms with van der Waals surface area (Å²) >= 11 is 5.86. The molecule has 0 unspecified atom stereocenters. The highest BCUT2D eigenvalue weighted by Gasteiger charge is 2.17. The van der Waals surface area contributed by atoms with Gasteiger partial charge < -0.3 is 15.7 Å². The number of aromatic carboxylic acids is 1. The van der Waals surface area contributed by atoms with Crippen molar-refractivity contribution in [3.05, 3.63) is 119 Å². The van der Waals surface area contributed by atoms with E-state index in [4.69, 9.17) is 11.6 Å². The maximum Gasteiger partial charge on any atom is 0.336 e. The normalized spacial score (nSPS) is 10.4. The zero-order valence-electron chi connectivity index (χ0n) is 17.8. The van der Waals surface area contributed by atoms with Crippen LogP contribution in [0.5, 0.6) is 0 Å². The Morgan fingerprint density at radius 3 is 1.65 bits per heavy atom. The van der Waals surface area contributed by atoms with Crippen LogP contribution in [0.15, 0.2) is 97.1 Å². The van der Waals surface area contributed by atoms with E-state index in [2.05, 4.69) is 10.6 Å². The van der Waals surface area contributed by atoms with Crippen molar-refractivity contribution in [3.63, 3.8) is 0 Å². The summed E-state index contributed by atoms with van der Waals surface area (Å²) < 4.78 is 0. The first-order valence-electron chi connectivity index (χ1n) is 10.3. The van der Waals surface area contributed by atoms with Crippen LogP contribution in [0.3, 0.4) is 0 Å².